The fraction of sp³-hybridized carbons (Fsp3) is 0.167. The molecule has 88 valence electrons. The van der Waals surface area contributed by atoms with Crippen molar-refractivity contribution in [1.82, 2.24) is 15.5 Å². The fourth-order valence-corrected chi connectivity index (χ4v) is 1.54. The van der Waals surface area contributed by atoms with E-state index in [-0.39, 0.29) is 12.5 Å². The Hall–Kier alpha value is -2.14. The minimum Gasteiger partial charge on any atom is -0.394 e. The van der Waals surface area contributed by atoms with Crippen molar-refractivity contribution in [3.8, 4) is 0 Å². The average molecular weight is 231 g/mol. The summed E-state index contributed by atoms with van der Waals surface area (Å²) >= 11 is 0. The highest BCUT2D eigenvalue weighted by molar-refractivity contribution is 5.92. The molecule has 1 aromatic heterocycles. The van der Waals surface area contributed by atoms with Gasteiger partial charge in [-0.1, -0.05) is 30.3 Å². The van der Waals surface area contributed by atoms with Gasteiger partial charge in [-0.05, 0) is 11.6 Å². The lowest BCUT2D eigenvalue weighted by atomic mass is 10.1. The van der Waals surface area contributed by atoms with E-state index < -0.39 is 6.04 Å². The smallest absolute Gasteiger partial charge is 0.269 e. The first-order valence-corrected chi connectivity index (χ1v) is 5.27. The van der Waals surface area contributed by atoms with Gasteiger partial charge in [0.2, 0.25) is 0 Å². The maximum absolute atomic E-state index is 11.8. The summed E-state index contributed by atoms with van der Waals surface area (Å²) in [5.74, 6) is -0.287. The number of aliphatic hydroxyl groups excluding tert-OH is 1. The molecule has 0 bridgehead atoms. The van der Waals surface area contributed by atoms with Crippen LogP contribution in [-0.2, 0) is 0 Å². The van der Waals surface area contributed by atoms with Crippen molar-refractivity contribution < 1.29 is 9.90 Å². The van der Waals surface area contributed by atoms with Gasteiger partial charge in [-0.2, -0.15) is 5.10 Å². The number of aromatic nitrogens is 2. The van der Waals surface area contributed by atoms with Crippen molar-refractivity contribution in [3.63, 3.8) is 0 Å². The molecule has 2 aromatic rings. The quantitative estimate of drug-likeness (QED) is 0.730. The SMILES string of the molecule is O=C(NC(CO)c1ccccc1)c1ccn[nH]1. The molecule has 1 aromatic carbocycles. The number of hydrogen-bond acceptors (Lipinski definition) is 3. The van der Waals surface area contributed by atoms with Crippen LogP contribution < -0.4 is 5.32 Å². The van der Waals surface area contributed by atoms with Gasteiger partial charge in [-0.15, -0.1) is 0 Å². The molecule has 0 aliphatic heterocycles. The van der Waals surface area contributed by atoms with E-state index in [1.165, 1.54) is 6.20 Å². The summed E-state index contributed by atoms with van der Waals surface area (Å²) in [6, 6.07) is 10.5. The zero-order valence-electron chi connectivity index (χ0n) is 9.13. The van der Waals surface area contributed by atoms with E-state index in [1.54, 1.807) is 6.07 Å². The topological polar surface area (TPSA) is 78.0 Å². The molecule has 3 N–H and O–H groups in total. The number of rotatable bonds is 4. The second-order valence-corrected chi connectivity index (χ2v) is 3.59. The molecule has 1 atom stereocenters. The number of H-pyrrole nitrogens is 1. The maximum atomic E-state index is 11.8. The van der Waals surface area contributed by atoms with Gasteiger partial charge in [0.05, 0.1) is 12.6 Å². The minimum atomic E-state index is -0.410. The molecule has 2 rings (SSSR count). The first kappa shape index (κ1) is 11.3. The molecule has 1 amide bonds. The predicted octanol–water partition coefficient (Wildman–Crippen LogP) is 0.873. The van der Waals surface area contributed by atoms with Crippen LogP contribution in [0.15, 0.2) is 42.6 Å². The summed E-state index contributed by atoms with van der Waals surface area (Å²) in [4.78, 5) is 11.8. The highest BCUT2D eigenvalue weighted by atomic mass is 16.3. The number of amides is 1. The fourth-order valence-electron chi connectivity index (χ4n) is 1.54. The first-order valence-electron chi connectivity index (χ1n) is 5.27. The van der Waals surface area contributed by atoms with E-state index in [1.807, 2.05) is 30.3 Å². The second-order valence-electron chi connectivity index (χ2n) is 3.59. The Morgan fingerprint density at radius 2 is 2.12 bits per heavy atom. The number of nitrogens with one attached hydrogen (secondary N) is 2. The van der Waals surface area contributed by atoms with Crippen molar-refractivity contribution in [2.45, 2.75) is 6.04 Å². The standard InChI is InChI=1S/C12H13N3O2/c16-8-11(9-4-2-1-3-5-9)14-12(17)10-6-7-13-15-10/h1-7,11,16H,8H2,(H,13,15)(H,14,17). The van der Waals surface area contributed by atoms with Crippen molar-refractivity contribution >= 4 is 5.91 Å². The number of nitrogens with zero attached hydrogens (tertiary/aromatic N) is 1. The van der Waals surface area contributed by atoms with Gasteiger partial charge < -0.3 is 10.4 Å². The van der Waals surface area contributed by atoms with E-state index in [4.69, 9.17) is 0 Å². The molecule has 0 radical (unpaired) electrons. The molecule has 0 spiro atoms. The van der Waals surface area contributed by atoms with Gasteiger partial charge >= 0.3 is 0 Å². The van der Waals surface area contributed by atoms with E-state index >= 15 is 0 Å². The molecule has 5 heteroatoms. The third kappa shape index (κ3) is 2.70. The van der Waals surface area contributed by atoms with Crippen molar-refractivity contribution in [2.24, 2.45) is 0 Å². The monoisotopic (exact) mass is 231 g/mol. The van der Waals surface area contributed by atoms with Crippen LogP contribution in [0, 0.1) is 0 Å². The van der Waals surface area contributed by atoms with Crippen LogP contribution in [0.2, 0.25) is 0 Å². The van der Waals surface area contributed by atoms with Crippen LogP contribution >= 0.6 is 0 Å². The largest absolute Gasteiger partial charge is 0.394 e. The van der Waals surface area contributed by atoms with Gasteiger partial charge in [-0.25, -0.2) is 0 Å². The molecular weight excluding hydrogens is 218 g/mol. The highest BCUT2D eigenvalue weighted by Crippen LogP contribution is 2.12. The summed E-state index contributed by atoms with van der Waals surface area (Å²) in [5, 5.41) is 18.3. The number of carbonyl (C=O) groups is 1. The molecular formula is C12H13N3O2. The minimum absolute atomic E-state index is 0.149. The summed E-state index contributed by atoms with van der Waals surface area (Å²) < 4.78 is 0. The molecule has 1 heterocycles. The molecule has 0 saturated carbocycles. The Morgan fingerprint density at radius 1 is 1.35 bits per heavy atom. The van der Waals surface area contributed by atoms with Gasteiger partial charge in [0, 0.05) is 6.20 Å². The lowest BCUT2D eigenvalue weighted by Crippen LogP contribution is -2.31. The Morgan fingerprint density at radius 3 is 2.71 bits per heavy atom. The van der Waals surface area contributed by atoms with E-state index in [0.717, 1.165) is 5.56 Å². The van der Waals surface area contributed by atoms with Crippen LogP contribution in [0.5, 0.6) is 0 Å². The van der Waals surface area contributed by atoms with Crippen LogP contribution in [-0.4, -0.2) is 27.8 Å². The molecule has 0 aliphatic carbocycles. The van der Waals surface area contributed by atoms with Crippen molar-refractivity contribution in [2.75, 3.05) is 6.61 Å². The lowest BCUT2D eigenvalue weighted by molar-refractivity contribution is 0.0911. The summed E-state index contributed by atoms with van der Waals surface area (Å²) in [5.41, 5.74) is 1.24. The van der Waals surface area contributed by atoms with Crippen molar-refractivity contribution in [3.05, 3.63) is 53.9 Å². The molecule has 0 fully saturated rings. The number of aliphatic hydroxyl groups is 1. The molecule has 1 unspecified atom stereocenters. The van der Waals surface area contributed by atoms with Gasteiger partial charge in [0.1, 0.15) is 5.69 Å². The van der Waals surface area contributed by atoms with Crippen LogP contribution in [0.4, 0.5) is 0 Å². The third-order valence-electron chi connectivity index (χ3n) is 2.44. The third-order valence-corrected chi connectivity index (χ3v) is 2.44. The summed E-state index contributed by atoms with van der Waals surface area (Å²) in [6.45, 7) is -0.149. The Balaban J connectivity index is 2.09. The zero-order chi connectivity index (χ0) is 12.1. The van der Waals surface area contributed by atoms with Crippen molar-refractivity contribution in [1.29, 1.82) is 0 Å². The van der Waals surface area contributed by atoms with Gasteiger partial charge in [-0.3, -0.25) is 9.89 Å². The van der Waals surface area contributed by atoms with Gasteiger partial charge in [0.15, 0.2) is 0 Å². The number of carbonyl (C=O) groups excluding carboxylic acids is 1. The van der Waals surface area contributed by atoms with E-state index in [9.17, 15) is 9.90 Å². The van der Waals surface area contributed by atoms with Crippen LogP contribution in [0.25, 0.3) is 0 Å². The second kappa shape index (κ2) is 5.27. The molecule has 0 aliphatic rings. The molecule has 0 saturated heterocycles. The van der Waals surface area contributed by atoms with Crippen LogP contribution in [0.1, 0.15) is 22.1 Å². The summed E-state index contributed by atoms with van der Waals surface area (Å²) in [6.07, 6.45) is 1.51. The number of benzene rings is 1. The first-order chi connectivity index (χ1) is 8.31. The molecule has 17 heavy (non-hydrogen) atoms. The summed E-state index contributed by atoms with van der Waals surface area (Å²) in [7, 11) is 0. The Kier molecular flexibility index (Phi) is 3.52. The lowest BCUT2D eigenvalue weighted by Gasteiger charge is -2.15. The maximum Gasteiger partial charge on any atom is 0.269 e. The van der Waals surface area contributed by atoms with E-state index in [0.29, 0.717) is 5.69 Å². The highest BCUT2D eigenvalue weighted by Gasteiger charge is 2.15. The zero-order valence-corrected chi connectivity index (χ0v) is 9.13. The normalized spacial score (nSPS) is 12.1. The number of aromatic amines is 1. The molecule has 5 nitrogen and oxygen atoms in total. The predicted molar refractivity (Wildman–Crippen MR) is 62.3 cm³/mol. The van der Waals surface area contributed by atoms with Crippen LogP contribution in [0.3, 0.4) is 0 Å². The average Bonchev–Trinajstić information content (AvgIpc) is 2.90. The Labute approximate surface area is 98.5 Å². The van der Waals surface area contributed by atoms with E-state index in [2.05, 4.69) is 15.5 Å². The van der Waals surface area contributed by atoms with Gasteiger partial charge in [0.25, 0.3) is 5.91 Å². The number of hydrogen-bond donors (Lipinski definition) is 3. The Bertz CT molecular complexity index is 468.